The van der Waals surface area contributed by atoms with E-state index in [0.29, 0.717) is 0 Å². The summed E-state index contributed by atoms with van der Waals surface area (Å²) in [4.78, 5) is 44.0. The number of fused-ring (bicyclic) bond motifs is 8. The Hall–Kier alpha value is -6.32. The first-order chi connectivity index (χ1) is 20.7. The molecule has 5 rings (SSSR count). The molecule has 0 unspecified atom stereocenters. The Kier molecular flexibility index (Phi) is 7.18. The molecule has 16 nitrogen and oxygen atoms in total. The van der Waals surface area contributed by atoms with Crippen molar-refractivity contribution in [2.75, 3.05) is 0 Å². The average molecular weight is 604 g/mol. The minimum atomic E-state index is -0.760. The molecule has 4 aromatic rings. The lowest BCUT2D eigenvalue weighted by Crippen LogP contribution is -2.04. The summed E-state index contributed by atoms with van der Waals surface area (Å²) in [6, 6.07) is 7.98. The number of phenolic OH excluding ortho intramolecular Hbond substituents is 4. The van der Waals surface area contributed by atoms with Crippen LogP contribution in [0.2, 0.25) is 0 Å². The molecule has 0 radical (unpaired) electrons. The maximum Gasteiger partial charge on any atom is 0.270 e. The number of hydrogen-bond acceptors (Lipinski definition) is 12. The highest BCUT2D eigenvalue weighted by atomic mass is 16.6. The fourth-order valence-electron chi connectivity index (χ4n) is 5.29. The SMILES string of the molecule is O=[N+]([O-])c1cc2c(O)c(c1)Cc1cc([N+](=O)[O-])cc(c1O)Cc1cc([N+](=O)[O-])cc(c1O)Cc1cc([N+](=O)[O-])cc(c1O)C2. The van der Waals surface area contributed by atoms with E-state index in [1.807, 2.05) is 0 Å². The smallest absolute Gasteiger partial charge is 0.270 e. The van der Waals surface area contributed by atoms with Crippen molar-refractivity contribution >= 4 is 22.7 Å². The standard InChI is InChI=1S/C28H20N4O12/c33-25-13-1-14-6-22(30(39)40)8-16(26(14)34)3-18-10-24(32(43)44)12-20(28(18)36)4-19-11-23(31(41)42)9-17(27(19)35)2-15(25)7-21(5-13)29(37)38/h5-12,33-36H,1-4H2. The van der Waals surface area contributed by atoms with Crippen molar-refractivity contribution in [1.29, 1.82) is 0 Å². The summed E-state index contributed by atoms with van der Waals surface area (Å²) in [5.41, 5.74) is -3.06. The highest BCUT2D eigenvalue weighted by Gasteiger charge is 2.26. The maximum absolute atomic E-state index is 11.8. The second-order valence-corrected chi connectivity index (χ2v) is 10.2. The number of benzene rings is 4. The van der Waals surface area contributed by atoms with Crippen LogP contribution in [0.3, 0.4) is 0 Å². The topological polar surface area (TPSA) is 253 Å². The van der Waals surface area contributed by atoms with Crippen LogP contribution in [0.25, 0.3) is 0 Å². The molecule has 1 aliphatic rings. The average Bonchev–Trinajstić information content (AvgIpc) is 2.95. The molecular weight excluding hydrogens is 584 g/mol. The lowest BCUT2D eigenvalue weighted by Gasteiger charge is -2.17. The van der Waals surface area contributed by atoms with Crippen molar-refractivity contribution < 1.29 is 40.1 Å². The van der Waals surface area contributed by atoms with Crippen LogP contribution in [-0.2, 0) is 25.7 Å². The predicted octanol–water partition coefficient (Wildman–Crippen LogP) is 4.82. The van der Waals surface area contributed by atoms with E-state index in [1.165, 1.54) is 0 Å². The molecule has 16 heteroatoms. The quantitative estimate of drug-likeness (QED) is 0.159. The molecule has 0 saturated heterocycles. The molecule has 0 aromatic heterocycles. The second kappa shape index (κ2) is 10.8. The fraction of sp³-hybridized carbons (Fsp3) is 0.143. The normalized spacial score (nSPS) is 12.4. The first kappa shape index (κ1) is 29.2. The van der Waals surface area contributed by atoms with Gasteiger partial charge in [-0.3, -0.25) is 40.5 Å². The van der Waals surface area contributed by atoms with Crippen LogP contribution in [0.4, 0.5) is 22.7 Å². The Bertz CT molecular complexity index is 1570. The summed E-state index contributed by atoms with van der Waals surface area (Å²) < 4.78 is 0. The lowest BCUT2D eigenvalue weighted by molar-refractivity contribution is -0.385. The molecule has 4 N–H and O–H groups in total. The van der Waals surface area contributed by atoms with E-state index in [-0.39, 0.29) is 44.5 Å². The van der Waals surface area contributed by atoms with E-state index in [9.17, 15) is 60.9 Å². The van der Waals surface area contributed by atoms with Crippen LogP contribution in [0.15, 0.2) is 48.5 Å². The molecule has 0 amide bonds. The molecule has 0 aliphatic heterocycles. The van der Waals surface area contributed by atoms with Gasteiger partial charge >= 0.3 is 0 Å². The van der Waals surface area contributed by atoms with Gasteiger partial charge < -0.3 is 20.4 Å². The number of nitro groups is 4. The predicted molar refractivity (Wildman–Crippen MR) is 150 cm³/mol. The zero-order valence-corrected chi connectivity index (χ0v) is 22.3. The minimum absolute atomic E-state index is 0.131. The van der Waals surface area contributed by atoms with E-state index in [1.54, 1.807) is 0 Å². The Morgan fingerprint density at radius 1 is 0.364 bits per heavy atom. The Morgan fingerprint density at radius 3 is 0.614 bits per heavy atom. The van der Waals surface area contributed by atoms with Gasteiger partial charge in [-0.2, -0.15) is 0 Å². The summed E-state index contributed by atoms with van der Waals surface area (Å²) in [5.74, 6) is -2.05. The van der Waals surface area contributed by atoms with E-state index in [0.717, 1.165) is 48.5 Å². The molecular formula is C28H20N4O12. The minimum Gasteiger partial charge on any atom is -0.507 e. The summed E-state index contributed by atoms with van der Waals surface area (Å²) in [6.07, 6.45) is -1.84. The van der Waals surface area contributed by atoms with Gasteiger partial charge in [-0.15, -0.1) is 0 Å². The van der Waals surface area contributed by atoms with Crippen molar-refractivity contribution in [3.63, 3.8) is 0 Å². The van der Waals surface area contributed by atoms with Crippen LogP contribution in [0.1, 0.15) is 44.5 Å². The number of nitro benzene ring substituents is 4. The van der Waals surface area contributed by atoms with Crippen molar-refractivity contribution in [2.45, 2.75) is 25.7 Å². The van der Waals surface area contributed by atoms with Crippen molar-refractivity contribution in [2.24, 2.45) is 0 Å². The van der Waals surface area contributed by atoms with Gasteiger partial charge in [0.05, 0.1) is 19.7 Å². The third-order valence-electron chi connectivity index (χ3n) is 7.38. The molecule has 0 saturated carbocycles. The third-order valence-corrected chi connectivity index (χ3v) is 7.38. The Morgan fingerprint density at radius 2 is 0.500 bits per heavy atom. The van der Waals surface area contributed by atoms with Crippen LogP contribution in [0.5, 0.6) is 23.0 Å². The first-order valence-electron chi connectivity index (χ1n) is 12.7. The maximum atomic E-state index is 11.8. The number of hydrogen-bond donors (Lipinski definition) is 4. The highest BCUT2D eigenvalue weighted by Crippen LogP contribution is 2.41. The summed E-state index contributed by atoms with van der Waals surface area (Å²) in [6.45, 7) is 0. The monoisotopic (exact) mass is 604 g/mol. The molecule has 0 spiro atoms. The fourth-order valence-corrected chi connectivity index (χ4v) is 5.29. The van der Waals surface area contributed by atoms with E-state index >= 15 is 0 Å². The van der Waals surface area contributed by atoms with Gasteiger partial charge in [0.25, 0.3) is 22.7 Å². The summed E-state index contributed by atoms with van der Waals surface area (Å²) in [5, 5.41) is 91.6. The Balaban J connectivity index is 1.86. The van der Waals surface area contributed by atoms with Gasteiger partial charge in [-0.1, -0.05) is 0 Å². The number of aromatic hydroxyl groups is 4. The zero-order valence-electron chi connectivity index (χ0n) is 22.3. The van der Waals surface area contributed by atoms with Gasteiger partial charge in [0.2, 0.25) is 0 Å². The van der Waals surface area contributed by atoms with Crippen LogP contribution < -0.4 is 0 Å². The van der Waals surface area contributed by atoms with Crippen molar-refractivity contribution in [1.82, 2.24) is 0 Å². The molecule has 224 valence electrons. The molecule has 0 atom stereocenters. The molecule has 0 heterocycles. The molecule has 4 aromatic carbocycles. The highest BCUT2D eigenvalue weighted by molar-refractivity contribution is 5.61. The van der Waals surface area contributed by atoms with Crippen LogP contribution >= 0.6 is 0 Å². The largest absolute Gasteiger partial charge is 0.507 e. The Labute approximate surface area is 245 Å². The second-order valence-electron chi connectivity index (χ2n) is 10.2. The third kappa shape index (κ3) is 5.34. The van der Waals surface area contributed by atoms with Crippen LogP contribution in [0, 0.1) is 40.5 Å². The van der Waals surface area contributed by atoms with Gasteiger partial charge in [0.15, 0.2) is 0 Å². The lowest BCUT2D eigenvalue weighted by atomic mass is 9.90. The summed E-state index contributed by atoms with van der Waals surface area (Å²) in [7, 11) is 0. The molecule has 1 aliphatic carbocycles. The molecule has 0 fully saturated rings. The van der Waals surface area contributed by atoms with Gasteiger partial charge in [-0.25, -0.2) is 0 Å². The van der Waals surface area contributed by atoms with Gasteiger partial charge in [0.1, 0.15) is 23.0 Å². The van der Waals surface area contributed by atoms with E-state index < -0.39 is 91.1 Å². The van der Waals surface area contributed by atoms with E-state index in [2.05, 4.69) is 0 Å². The number of rotatable bonds is 4. The van der Waals surface area contributed by atoms with Crippen molar-refractivity contribution in [3.8, 4) is 23.0 Å². The molecule has 8 bridgehead atoms. The number of non-ortho nitro benzene ring substituents is 4. The van der Waals surface area contributed by atoms with E-state index in [4.69, 9.17) is 0 Å². The molecule has 44 heavy (non-hydrogen) atoms. The number of nitrogens with zero attached hydrogens (tertiary/aromatic N) is 4. The van der Waals surface area contributed by atoms with Crippen molar-refractivity contribution in [3.05, 3.63) is 133 Å². The zero-order chi connectivity index (χ0) is 32.0. The van der Waals surface area contributed by atoms with Gasteiger partial charge in [0, 0.05) is 119 Å². The van der Waals surface area contributed by atoms with Gasteiger partial charge in [-0.05, 0) is 0 Å². The summed E-state index contributed by atoms with van der Waals surface area (Å²) >= 11 is 0. The number of phenols is 4. The van der Waals surface area contributed by atoms with Crippen LogP contribution in [-0.4, -0.2) is 40.1 Å². The first-order valence-corrected chi connectivity index (χ1v) is 12.7.